The van der Waals surface area contributed by atoms with Gasteiger partial charge in [-0.2, -0.15) is 0 Å². The fraction of sp³-hybridized carbons (Fsp3) is 0.462. The summed E-state index contributed by atoms with van der Waals surface area (Å²) in [5.74, 6) is 1.20. The molecule has 6 heteroatoms. The summed E-state index contributed by atoms with van der Waals surface area (Å²) in [7, 11) is 6.28. The van der Waals surface area contributed by atoms with Gasteiger partial charge < -0.3 is 19.1 Å². The van der Waals surface area contributed by atoms with Crippen molar-refractivity contribution in [1.29, 1.82) is 0 Å². The van der Waals surface area contributed by atoms with Crippen LogP contribution in [-0.2, 0) is 0 Å². The molecule has 0 fully saturated rings. The zero-order valence-electron chi connectivity index (χ0n) is 11.5. The van der Waals surface area contributed by atoms with Gasteiger partial charge in [0.05, 0.1) is 26.9 Å². The van der Waals surface area contributed by atoms with E-state index in [0.717, 1.165) is 0 Å². The third-order valence-electron chi connectivity index (χ3n) is 2.70. The van der Waals surface area contributed by atoms with Crippen LogP contribution in [0.15, 0.2) is 12.1 Å². The van der Waals surface area contributed by atoms with E-state index in [4.69, 9.17) is 14.2 Å². The molecule has 5 nitrogen and oxygen atoms in total. The number of nitrogens with zero attached hydrogens (tertiary/aromatic N) is 1. The molecule has 0 atom stereocenters. The molecule has 0 N–H and O–H groups in total. The van der Waals surface area contributed by atoms with Gasteiger partial charge in [-0.3, -0.25) is 4.79 Å². The Bertz CT molecular complexity index is 451. The van der Waals surface area contributed by atoms with Gasteiger partial charge in [0.15, 0.2) is 11.5 Å². The highest BCUT2D eigenvalue weighted by molar-refractivity contribution is 9.09. The number of rotatable bonds is 6. The number of carbonyl (C=O) groups excluding carboxylic acids is 1. The first-order valence-electron chi connectivity index (χ1n) is 5.71. The van der Waals surface area contributed by atoms with E-state index in [2.05, 4.69) is 15.9 Å². The minimum Gasteiger partial charge on any atom is -0.493 e. The van der Waals surface area contributed by atoms with Crippen molar-refractivity contribution >= 4 is 21.8 Å². The van der Waals surface area contributed by atoms with E-state index in [1.165, 1.54) is 21.3 Å². The normalized spacial score (nSPS) is 9.95. The number of alkyl halides is 1. The van der Waals surface area contributed by atoms with Gasteiger partial charge in [0.2, 0.25) is 5.75 Å². The topological polar surface area (TPSA) is 48.0 Å². The molecule has 0 spiro atoms. The van der Waals surface area contributed by atoms with E-state index in [0.29, 0.717) is 34.7 Å². The second-order valence-corrected chi connectivity index (χ2v) is 4.59. The Morgan fingerprint density at radius 1 is 1.16 bits per heavy atom. The molecule has 19 heavy (non-hydrogen) atoms. The van der Waals surface area contributed by atoms with Crippen LogP contribution in [0.25, 0.3) is 0 Å². The molecule has 0 bridgehead atoms. The van der Waals surface area contributed by atoms with Gasteiger partial charge in [0, 0.05) is 18.9 Å². The fourth-order valence-electron chi connectivity index (χ4n) is 1.70. The molecule has 0 radical (unpaired) electrons. The van der Waals surface area contributed by atoms with Gasteiger partial charge in [-0.1, -0.05) is 15.9 Å². The number of halogens is 1. The lowest BCUT2D eigenvalue weighted by Crippen LogP contribution is -2.28. The van der Waals surface area contributed by atoms with Crippen LogP contribution in [0.2, 0.25) is 0 Å². The third kappa shape index (κ3) is 3.32. The molecule has 0 aliphatic carbocycles. The predicted molar refractivity (Wildman–Crippen MR) is 76.9 cm³/mol. The SMILES string of the molecule is COc1ccc(C(=O)N(C)CCBr)c(OC)c1OC. The van der Waals surface area contributed by atoms with Gasteiger partial charge in [0.25, 0.3) is 5.91 Å². The number of benzene rings is 1. The summed E-state index contributed by atoms with van der Waals surface area (Å²) in [5.41, 5.74) is 0.448. The largest absolute Gasteiger partial charge is 0.493 e. The molecule has 1 rings (SSSR count). The van der Waals surface area contributed by atoms with Gasteiger partial charge in [-0.05, 0) is 12.1 Å². The molecular formula is C13H18BrNO4. The van der Waals surface area contributed by atoms with E-state index < -0.39 is 0 Å². The second kappa shape index (κ2) is 7.23. The number of amides is 1. The molecule has 0 aromatic heterocycles. The molecule has 0 saturated carbocycles. The molecule has 1 aromatic carbocycles. The Labute approximate surface area is 121 Å². The number of ether oxygens (including phenoxy) is 3. The Kier molecular flexibility index (Phi) is 5.95. The molecule has 0 heterocycles. The predicted octanol–water partition coefficient (Wildman–Crippen LogP) is 2.18. The van der Waals surface area contributed by atoms with Crippen molar-refractivity contribution in [3.05, 3.63) is 17.7 Å². The van der Waals surface area contributed by atoms with Crippen molar-refractivity contribution in [3.63, 3.8) is 0 Å². The summed E-state index contributed by atoms with van der Waals surface area (Å²) in [6.07, 6.45) is 0. The van der Waals surface area contributed by atoms with Crippen LogP contribution in [0.5, 0.6) is 17.2 Å². The first-order chi connectivity index (χ1) is 9.10. The van der Waals surface area contributed by atoms with Crippen LogP contribution in [-0.4, -0.2) is 51.1 Å². The van der Waals surface area contributed by atoms with E-state index in [-0.39, 0.29) is 5.91 Å². The van der Waals surface area contributed by atoms with Gasteiger partial charge in [0.1, 0.15) is 0 Å². The quantitative estimate of drug-likeness (QED) is 0.749. The maximum absolute atomic E-state index is 12.3. The molecule has 1 aromatic rings. The lowest BCUT2D eigenvalue weighted by Gasteiger charge is -2.19. The van der Waals surface area contributed by atoms with Crippen LogP contribution in [0, 0.1) is 0 Å². The highest BCUT2D eigenvalue weighted by Crippen LogP contribution is 2.40. The summed E-state index contributed by atoms with van der Waals surface area (Å²) in [5, 5.41) is 0.713. The number of methoxy groups -OCH3 is 3. The zero-order chi connectivity index (χ0) is 14.4. The third-order valence-corrected chi connectivity index (χ3v) is 3.06. The number of carbonyl (C=O) groups is 1. The standard InChI is InChI=1S/C13H18BrNO4/c1-15(8-7-14)13(16)9-5-6-10(17-2)12(19-4)11(9)18-3/h5-6H,7-8H2,1-4H3. The first kappa shape index (κ1) is 15.6. The molecule has 0 unspecified atom stereocenters. The summed E-state index contributed by atoms with van der Waals surface area (Å²) < 4.78 is 15.7. The first-order valence-corrected chi connectivity index (χ1v) is 6.83. The van der Waals surface area contributed by atoms with E-state index in [1.54, 1.807) is 24.1 Å². The Balaban J connectivity index is 3.24. The lowest BCUT2D eigenvalue weighted by atomic mass is 10.1. The van der Waals surface area contributed by atoms with Gasteiger partial charge >= 0.3 is 0 Å². The maximum Gasteiger partial charge on any atom is 0.257 e. The minimum atomic E-state index is -0.128. The molecule has 0 saturated heterocycles. The molecular weight excluding hydrogens is 314 g/mol. The maximum atomic E-state index is 12.3. The Hall–Kier alpha value is -1.43. The van der Waals surface area contributed by atoms with Crippen molar-refractivity contribution in [1.82, 2.24) is 4.90 Å². The monoisotopic (exact) mass is 331 g/mol. The van der Waals surface area contributed by atoms with Crippen LogP contribution in [0.3, 0.4) is 0 Å². The highest BCUT2D eigenvalue weighted by atomic mass is 79.9. The van der Waals surface area contributed by atoms with Crippen LogP contribution < -0.4 is 14.2 Å². The van der Waals surface area contributed by atoms with Crippen molar-refractivity contribution in [2.75, 3.05) is 40.3 Å². The average Bonchev–Trinajstić information content (AvgIpc) is 2.44. The molecule has 106 valence electrons. The van der Waals surface area contributed by atoms with E-state index in [1.807, 2.05) is 0 Å². The fourth-order valence-corrected chi connectivity index (χ4v) is 2.24. The van der Waals surface area contributed by atoms with Crippen molar-refractivity contribution in [2.24, 2.45) is 0 Å². The van der Waals surface area contributed by atoms with Gasteiger partial charge in [-0.25, -0.2) is 0 Å². The van der Waals surface area contributed by atoms with Crippen molar-refractivity contribution in [3.8, 4) is 17.2 Å². The molecule has 1 amide bonds. The summed E-state index contributed by atoms with van der Waals surface area (Å²) in [6.45, 7) is 0.607. The lowest BCUT2D eigenvalue weighted by molar-refractivity contribution is 0.0800. The van der Waals surface area contributed by atoms with E-state index in [9.17, 15) is 4.79 Å². The second-order valence-electron chi connectivity index (χ2n) is 3.80. The summed E-state index contributed by atoms with van der Waals surface area (Å²) in [4.78, 5) is 13.9. The summed E-state index contributed by atoms with van der Waals surface area (Å²) >= 11 is 3.31. The highest BCUT2D eigenvalue weighted by Gasteiger charge is 2.22. The number of hydrogen-bond acceptors (Lipinski definition) is 4. The van der Waals surface area contributed by atoms with Crippen molar-refractivity contribution in [2.45, 2.75) is 0 Å². The van der Waals surface area contributed by atoms with Crippen LogP contribution >= 0.6 is 15.9 Å². The van der Waals surface area contributed by atoms with Crippen LogP contribution in [0.1, 0.15) is 10.4 Å². The smallest absolute Gasteiger partial charge is 0.257 e. The number of hydrogen-bond donors (Lipinski definition) is 0. The Morgan fingerprint density at radius 3 is 2.26 bits per heavy atom. The summed E-state index contributed by atoms with van der Waals surface area (Å²) in [6, 6.07) is 3.36. The molecule has 0 aliphatic rings. The molecule has 0 aliphatic heterocycles. The average molecular weight is 332 g/mol. The van der Waals surface area contributed by atoms with Crippen LogP contribution in [0.4, 0.5) is 0 Å². The van der Waals surface area contributed by atoms with E-state index >= 15 is 0 Å². The van der Waals surface area contributed by atoms with Crippen molar-refractivity contribution < 1.29 is 19.0 Å². The van der Waals surface area contributed by atoms with Gasteiger partial charge in [-0.15, -0.1) is 0 Å². The Morgan fingerprint density at radius 2 is 1.79 bits per heavy atom. The minimum absolute atomic E-state index is 0.128. The zero-order valence-corrected chi connectivity index (χ0v) is 13.1.